The van der Waals surface area contributed by atoms with Gasteiger partial charge in [0.15, 0.2) is 0 Å². The second-order valence-electron chi connectivity index (χ2n) is 5.98. The van der Waals surface area contributed by atoms with E-state index in [1.54, 1.807) is 0 Å². The van der Waals surface area contributed by atoms with Gasteiger partial charge in [-0.15, -0.1) is 0 Å². The lowest BCUT2D eigenvalue weighted by molar-refractivity contribution is -0.132. The molecule has 21 heavy (non-hydrogen) atoms. The first kappa shape index (κ1) is 14.6. The van der Waals surface area contributed by atoms with Gasteiger partial charge in [0.05, 0.1) is 6.42 Å². The Bertz CT molecular complexity index is 654. The SMILES string of the molecule is CC1CN(C(=O)Cc2ccc3ccccc3c2)CCC1Br. The molecule has 1 aliphatic rings. The molecule has 1 fully saturated rings. The van der Waals surface area contributed by atoms with Crippen LogP contribution < -0.4 is 0 Å². The minimum absolute atomic E-state index is 0.247. The van der Waals surface area contributed by atoms with Crippen LogP contribution in [0.2, 0.25) is 0 Å². The van der Waals surface area contributed by atoms with Crippen molar-refractivity contribution in [3.05, 3.63) is 48.0 Å². The third-order valence-corrected chi connectivity index (χ3v) is 5.68. The number of hydrogen-bond donors (Lipinski definition) is 0. The number of halogens is 1. The normalized spacial score (nSPS) is 22.5. The molecule has 2 aromatic carbocycles. The van der Waals surface area contributed by atoms with Gasteiger partial charge in [-0.2, -0.15) is 0 Å². The lowest BCUT2D eigenvalue weighted by atomic mass is 9.99. The minimum atomic E-state index is 0.247. The number of alkyl halides is 1. The van der Waals surface area contributed by atoms with E-state index in [-0.39, 0.29) is 5.91 Å². The van der Waals surface area contributed by atoms with Crippen molar-refractivity contribution in [2.45, 2.75) is 24.6 Å². The van der Waals surface area contributed by atoms with Gasteiger partial charge in [0.25, 0.3) is 0 Å². The number of rotatable bonds is 2. The molecule has 2 aromatic rings. The molecule has 3 rings (SSSR count). The Morgan fingerprint density at radius 1 is 1.24 bits per heavy atom. The second-order valence-corrected chi connectivity index (χ2v) is 7.16. The molecule has 0 bridgehead atoms. The summed E-state index contributed by atoms with van der Waals surface area (Å²) in [5.74, 6) is 0.774. The molecule has 1 aliphatic heterocycles. The fraction of sp³-hybridized carbons (Fsp3) is 0.389. The summed E-state index contributed by atoms with van der Waals surface area (Å²) in [6.45, 7) is 3.93. The van der Waals surface area contributed by atoms with Gasteiger partial charge in [-0.1, -0.05) is 65.3 Å². The van der Waals surface area contributed by atoms with Crippen molar-refractivity contribution in [2.24, 2.45) is 5.92 Å². The molecule has 1 heterocycles. The van der Waals surface area contributed by atoms with Crippen LogP contribution in [0.4, 0.5) is 0 Å². The lowest BCUT2D eigenvalue weighted by Gasteiger charge is -2.34. The summed E-state index contributed by atoms with van der Waals surface area (Å²) in [4.78, 5) is 15.0. The van der Waals surface area contributed by atoms with Gasteiger partial charge in [0.2, 0.25) is 5.91 Å². The van der Waals surface area contributed by atoms with E-state index in [9.17, 15) is 4.79 Å². The standard InChI is InChI=1S/C18H20BrNO/c1-13-12-20(9-8-17(13)19)18(21)11-14-6-7-15-4-2-3-5-16(15)10-14/h2-7,10,13,17H,8-9,11-12H2,1H3. The highest BCUT2D eigenvalue weighted by atomic mass is 79.9. The van der Waals surface area contributed by atoms with Crippen LogP contribution in [0, 0.1) is 5.92 Å². The molecule has 1 saturated heterocycles. The van der Waals surface area contributed by atoms with E-state index in [1.165, 1.54) is 10.8 Å². The summed E-state index contributed by atoms with van der Waals surface area (Å²) in [5.41, 5.74) is 1.10. The second kappa shape index (κ2) is 6.18. The molecule has 3 heteroatoms. The fourth-order valence-electron chi connectivity index (χ4n) is 2.98. The van der Waals surface area contributed by atoms with Crippen LogP contribution in [0.1, 0.15) is 18.9 Å². The largest absolute Gasteiger partial charge is 0.342 e. The van der Waals surface area contributed by atoms with Crippen LogP contribution in [0.25, 0.3) is 10.8 Å². The van der Waals surface area contributed by atoms with Gasteiger partial charge < -0.3 is 4.90 Å². The third-order valence-electron chi connectivity index (χ3n) is 4.32. The molecule has 0 N–H and O–H groups in total. The Labute approximate surface area is 134 Å². The maximum Gasteiger partial charge on any atom is 0.226 e. The number of piperidine rings is 1. The highest BCUT2D eigenvalue weighted by Crippen LogP contribution is 2.24. The van der Waals surface area contributed by atoms with Crippen LogP contribution in [0.5, 0.6) is 0 Å². The van der Waals surface area contributed by atoms with Crippen molar-refractivity contribution in [1.29, 1.82) is 0 Å². The summed E-state index contributed by atoms with van der Waals surface area (Å²) in [6.07, 6.45) is 1.55. The van der Waals surface area contributed by atoms with Gasteiger partial charge in [-0.3, -0.25) is 4.79 Å². The number of fused-ring (bicyclic) bond motifs is 1. The molecule has 2 atom stereocenters. The van der Waals surface area contributed by atoms with E-state index < -0.39 is 0 Å². The van der Waals surface area contributed by atoms with Gasteiger partial charge in [-0.25, -0.2) is 0 Å². The van der Waals surface area contributed by atoms with Crippen LogP contribution in [0.3, 0.4) is 0 Å². The van der Waals surface area contributed by atoms with Crippen LogP contribution in [-0.2, 0) is 11.2 Å². The van der Waals surface area contributed by atoms with Gasteiger partial charge in [-0.05, 0) is 28.7 Å². The van der Waals surface area contributed by atoms with Crippen molar-refractivity contribution in [3.63, 3.8) is 0 Å². The van der Waals surface area contributed by atoms with Crippen LogP contribution in [0.15, 0.2) is 42.5 Å². The maximum absolute atomic E-state index is 12.5. The summed E-state index contributed by atoms with van der Waals surface area (Å²) >= 11 is 3.69. The number of carbonyl (C=O) groups is 1. The molecule has 2 nitrogen and oxygen atoms in total. The van der Waals surface area contributed by atoms with Crippen LogP contribution >= 0.6 is 15.9 Å². The first-order chi connectivity index (χ1) is 10.1. The van der Waals surface area contributed by atoms with E-state index in [2.05, 4.69) is 53.2 Å². The first-order valence-electron chi connectivity index (χ1n) is 7.53. The Kier molecular flexibility index (Phi) is 4.29. The number of hydrogen-bond acceptors (Lipinski definition) is 1. The zero-order valence-corrected chi connectivity index (χ0v) is 13.8. The zero-order valence-electron chi connectivity index (χ0n) is 12.3. The molecule has 0 aliphatic carbocycles. The summed E-state index contributed by atoms with van der Waals surface area (Å²) in [5, 5.41) is 2.43. The van der Waals surface area contributed by atoms with E-state index in [0.717, 1.165) is 25.1 Å². The average Bonchev–Trinajstić information content (AvgIpc) is 2.50. The van der Waals surface area contributed by atoms with Crippen molar-refractivity contribution in [3.8, 4) is 0 Å². The number of benzene rings is 2. The maximum atomic E-state index is 12.5. The number of carbonyl (C=O) groups excluding carboxylic acids is 1. The highest BCUT2D eigenvalue weighted by molar-refractivity contribution is 9.09. The van der Waals surface area contributed by atoms with E-state index in [4.69, 9.17) is 0 Å². The highest BCUT2D eigenvalue weighted by Gasteiger charge is 2.26. The van der Waals surface area contributed by atoms with E-state index in [0.29, 0.717) is 17.2 Å². The topological polar surface area (TPSA) is 20.3 Å². The Morgan fingerprint density at radius 2 is 2.00 bits per heavy atom. The number of nitrogens with zero attached hydrogens (tertiary/aromatic N) is 1. The molecular weight excluding hydrogens is 326 g/mol. The quantitative estimate of drug-likeness (QED) is 0.753. The molecule has 110 valence electrons. The Morgan fingerprint density at radius 3 is 2.76 bits per heavy atom. The van der Waals surface area contributed by atoms with Crippen molar-refractivity contribution in [1.82, 2.24) is 4.90 Å². The van der Waals surface area contributed by atoms with Gasteiger partial charge in [0, 0.05) is 17.9 Å². The average molecular weight is 346 g/mol. The number of amides is 1. The Balaban J connectivity index is 1.71. The zero-order chi connectivity index (χ0) is 14.8. The van der Waals surface area contributed by atoms with Crippen molar-refractivity contribution in [2.75, 3.05) is 13.1 Å². The van der Waals surface area contributed by atoms with Crippen molar-refractivity contribution < 1.29 is 4.79 Å². The monoisotopic (exact) mass is 345 g/mol. The Hall–Kier alpha value is -1.35. The lowest BCUT2D eigenvalue weighted by Crippen LogP contribution is -2.43. The smallest absolute Gasteiger partial charge is 0.226 e. The molecule has 0 spiro atoms. The minimum Gasteiger partial charge on any atom is -0.342 e. The van der Waals surface area contributed by atoms with Gasteiger partial charge in [0.1, 0.15) is 0 Å². The summed E-state index contributed by atoms with van der Waals surface area (Å²) in [7, 11) is 0. The molecular formula is C18H20BrNO. The van der Waals surface area contributed by atoms with Crippen LogP contribution in [-0.4, -0.2) is 28.7 Å². The fourth-order valence-corrected chi connectivity index (χ4v) is 3.35. The predicted molar refractivity (Wildman–Crippen MR) is 90.7 cm³/mol. The van der Waals surface area contributed by atoms with Crippen molar-refractivity contribution >= 4 is 32.6 Å². The number of likely N-dealkylation sites (tertiary alicyclic amines) is 1. The first-order valence-corrected chi connectivity index (χ1v) is 8.44. The summed E-state index contributed by atoms with van der Waals surface area (Å²) < 4.78 is 0. The van der Waals surface area contributed by atoms with E-state index >= 15 is 0 Å². The van der Waals surface area contributed by atoms with Gasteiger partial charge >= 0.3 is 0 Å². The molecule has 0 radical (unpaired) electrons. The molecule has 1 amide bonds. The summed E-state index contributed by atoms with van der Waals surface area (Å²) in [6, 6.07) is 14.6. The molecule has 2 unspecified atom stereocenters. The molecule has 0 aromatic heterocycles. The third kappa shape index (κ3) is 3.29. The van der Waals surface area contributed by atoms with E-state index in [1.807, 2.05) is 17.0 Å². The molecule has 0 saturated carbocycles. The predicted octanol–water partition coefficient (Wildman–Crippen LogP) is 4.01.